The van der Waals surface area contributed by atoms with Gasteiger partial charge in [-0.25, -0.2) is 4.79 Å². The van der Waals surface area contributed by atoms with Crippen LogP contribution in [0.5, 0.6) is 11.5 Å². The lowest BCUT2D eigenvalue weighted by molar-refractivity contribution is 0.0526. The van der Waals surface area contributed by atoms with Gasteiger partial charge in [-0.15, -0.1) is 10.2 Å². The predicted octanol–water partition coefficient (Wildman–Crippen LogP) is 2.70. The summed E-state index contributed by atoms with van der Waals surface area (Å²) in [6.45, 7) is 2.18. The van der Waals surface area contributed by atoms with Crippen LogP contribution in [-0.4, -0.2) is 29.6 Å². The quantitative estimate of drug-likeness (QED) is 0.812. The summed E-state index contributed by atoms with van der Waals surface area (Å²) in [6.07, 6.45) is 0. The standard InChI is InChI=1S/C14H11ClN2O4/c1-2-19-14(18)9-6-10(16-17-13(9)15)8-3-4-11-12(5-8)21-7-20-11/h3-6H,2,7H2,1H3. The monoisotopic (exact) mass is 306 g/mol. The minimum atomic E-state index is -0.528. The van der Waals surface area contributed by atoms with Gasteiger partial charge in [0.25, 0.3) is 0 Å². The lowest BCUT2D eigenvalue weighted by atomic mass is 10.1. The predicted molar refractivity (Wildman–Crippen MR) is 74.6 cm³/mol. The Kier molecular flexibility index (Phi) is 3.62. The van der Waals surface area contributed by atoms with Crippen LogP contribution in [-0.2, 0) is 4.74 Å². The Morgan fingerprint density at radius 2 is 2.10 bits per heavy atom. The van der Waals surface area contributed by atoms with Gasteiger partial charge >= 0.3 is 5.97 Å². The summed E-state index contributed by atoms with van der Waals surface area (Å²) in [6, 6.07) is 6.90. The zero-order chi connectivity index (χ0) is 14.8. The van der Waals surface area contributed by atoms with Crippen LogP contribution >= 0.6 is 11.6 Å². The van der Waals surface area contributed by atoms with Crippen LogP contribution in [0.4, 0.5) is 0 Å². The molecule has 0 saturated heterocycles. The number of benzene rings is 1. The molecular formula is C14H11ClN2O4. The van der Waals surface area contributed by atoms with E-state index in [4.69, 9.17) is 25.8 Å². The molecule has 1 aromatic carbocycles. The maximum atomic E-state index is 11.8. The average Bonchev–Trinajstić information content (AvgIpc) is 2.95. The van der Waals surface area contributed by atoms with Crippen molar-refractivity contribution in [3.63, 3.8) is 0 Å². The normalized spacial score (nSPS) is 12.3. The molecule has 7 heteroatoms. The molecule has 2 aromatic rings. The van der Waals surface area contributed by atoms with Crippen molar-refractivity contribution in [2.24, 2.45) is 0 Å². The number of rotatable bonds is 3. The Morgan fingerprint density at radius 3 is 2.90 bits per heavy atom. The molecule has 1 aromatic heterocycles. The van der Waals surface area contributed by atoms with E-state index in [1.807, 2.05) is 0 Å². The third kappa shape index (κ3) is 2.62. The van der Waals surface area contributed by atoms with Crippen molar-refractivity contribution in [1.82, 2.24) is 10.2 Å². The van der Waals surface area contributed by atoms with Crippen molar-refractivity contribution < 1.29 is 19.0 Å². The molecule has 0 bridgehead atoms. The van der Waals surface area contributed by atoms with Crippen LogP contribution in [0.3, 0.4) is 0 Å². The molecular weight excluding hydrogens is 296 g/mol. The van der Waals surface area contributed by atoms with Gasteiger partial charge in [-0.05, 0) is 31.2 Å². The van der Waals surface area contributed by atoms with Gasteiger partial charge in [0.05, 0.1) is 12.3 Å². The first-order valence-corrected chi connectivity index (χ1v) is 6.67. The highest BCUT2D eigenvalue weighted by atomic mass is 35.5. The molecule has 3 rings (SSSR count). The minimum Gasteiger partial charge on any atom is -0.462 e. The molecule has 21 heavy (non-hydrogen) atoms. The van der Waals surface area contributed by atoms with E-state index in [2.05, 4.69) is 10.2 Å². The van der Waals surface area contributed by atoms with Crippen molar-refractivity contribution in [2.75, 3.05) is 13.4 Å². The maximum Gasteiger partial charge on any atom is 0.341 e. The summed E-state index contributed by atoms with van der Waals surface area (Å²) in [7, 11) is 0. The Balaban J connectivity index is 1.99. The zero-order valence-electron chi connectivity index (χ0n) is 11.1. The van der Waals surface area contributed by atoms with Crippen molar-refractivity contribution in [3.05, 3.63) is 35.0 Å². The lowest BCUT2D eigenvalue weighted by Gasteiger charge is -2.06. The molecule has 0 unspecified atom stereocenters. The zero-order valence-corrected chi connectivity index (χ0v) is 11.9. The van der Waals surface area contributed by atoms with E-state index in [-0.39, 0.29) is 24.1 Å². The highest BCUT2D eigenvalue weighted by Crippen LogP contribution is 2.35. The fraction of sp³-hybridized carbons (Fsp3) is 0.214. The van der Waals surface area contributed by atoms with E-state index in [0.717, 1.165) is 5.56 Å². The molecule has 1 aliphatic rings. The second-order valence-corrected chi connectivity index (χ2v) is 4.58. The number of hydrogen-bond acceptors (Lipinski definition) is 6. The van der Waals surface area contributed by atoms with Crippen molar-refractivity contribution in [2.45, 2.75) is 6.92 Å². The molecule has 0 fully saturated rings. The number of aromatic nitrogens is 2. The topological polar surface area (TPSA) is 70.5 Å². The Labute approximate surface area is 125 Å². The number of halogens is 1. The van der Waals surface area contributed by atoms with E-state index < -0.39 is 5.97 Å². The van der Waals surface area contributed by atoms with Gasteiger partial charge in [0, 0.05) is 5.56 Å². The van der Waals surface area contributed by atoms with Crippen LogP contribution in [0.2, 0.25) is 5.15 Å². The number of hydrogen-bond donors (Lipinski definition) is 0. The van der Waals surface area contributed by atoms with E-state index >= 15 is 0 Å². The van der Waals surface area contributed by atoms with E-state index in [0.29, 0.717) is 17.2 Å². The maximum absolute atomic E-state index is 11.8. The highest BCUT2D eigenvalue weighted by molar-refractivity contribution is 6.32. The molecule has 2 heterocycles. The molecule has 0 saturated carbocycles. The van der Waals surface area contributed by atoms with E-state index in [1.165, 1.54) is 0 Å². The third-order valence-electron chi connectivity index (χ3n) is 2.91. The number of esters is 1. The van der Waals surface area contributed by atoms with Crippen LogP contribution < -0.4 is 9.47 Å². The molecule has 6 nitrogen and oxygen atoms in total. The number of nitrogens with zero attached hydrogens (tertiary/aromatic N) is 2. The molecule has 0 radical (unpaired) electrons. The highest BCUT2D eigenvalue weighted by Gasteiger charge is 2.18. The summed E-state index contributed by atoms with van der Waals surface area (Å²) < 4.78 is 15.5. The third-order valence-corrected chi connectivity index (χ3v) is 3.19. The summed E-state index contributed by atoms with van der Waals surface area (Å²) >= 11 is 5.89. The van der Waals surface area contributed by atoms with Gasteiger partial charge in [0.1, 0.15) is 5.56 Å². The number of carbonyl (C=O) groups is 1. The fourth-order valence-corrected chi connectivity index (χ4v) is 2.10. The fourth-order valence-electron chi connectivity index (χ4n) is 1.93. The van der Waals surface area contributed by atoms with Crippen molar-refractivity contribution in [3.8, 4) is 22.8 Å². The first-order valence-electron chi connectivity index (χ1n) is 6.29. The number of ether oxygens (including phenoxy) is 3. The summed E-state index contributed by atoms with van der Waals surface area (Å²) in [5.74, 6) is 0.771. The summed E-state index contributed by atoms with van der Waals surface area (Å²) in [5.41, 5.74) is 1.43. The second kappa shape index (κ2) is 5.57. The van der Waals surface area contributed by atoms with Crippen LogP contribution in [0, 0.1) is 0 Å². The largest absolute Gasteiger partial charge is 0.462 e. The first-order chi connectivity index (χ1) is 10.2. The van der Waals surface area contributed by atoms with Crippen LogP contribution in [0.15, 0.2) is 24.3 Å². The Morgan fingerprint density at radius 1 is 1.29 bits per heavy atom. The molecule has 0 spiro atoms. The Bertz CT molecular complexity index is 705. The first kappa shape index (κ1) is 13.6. The second-order valence-electron chi connectivity index (χ2n) is 4.22. The minimum absolute atomic E-state index is 0.0120. The lowest BCUT2D eigenvalue weighted by Crippen LogP contribution is -2.07. The van der Waals surface area contributed by atoms with Gasteiger partial charge in [0.15, 0.2) is 16.7 Å². The van der Waals surface area contributed by atoms with Crippen LogP contribution in [0.1, 0.15) is 17.3 Å². The van der Waals surface area contributed by atoms with Gasteiger partial charge in [-0.2, -0.15) is 0 Å². The smallest absolute Gasteiger partial charge is 0.341 e. The summed E-state index contributed by atoms with van der Waals surface area (Å²) in [5, 5.41) is 7.80. The molecule has 108 valence electrons. The Hall–Kier alpha value is -2.34. The van der Waals surface area contributed by atoms with Gasteiger partial charge in [-0.3, -0.25) is 0 Å². The van der Waals surface area contributed by atoms with E-state index in [1.54, 1.807) is 31.2 Å². The molecule has 1 aliphatic heterocycles. The van der Waals surface area contributed by atoms with Gasteiger partial charge < -0.3 is 14.2 Å². The molecule has 0 atom stereocenters. The molecule has 0 aliphatic carbocycles. The van der Waals surface area contributed by atoms with E-state index in [9.17, 15) is 4.79 Å². The van der Waals surface area contributed by atoms with Gasteiger partial charge in [-0.1, -0.05) is 11.6 Å². The molecule has 0 N–H and O–H groups in total. The number of carbonyl (C=O) groups excluding carboxylic acids is 1. The molecule has 0 amide bonds. The van der Waals surface area contributed by atoms with Gasteiger partial charge in [0.2, 0.25) is 6.79 Å². The summed E-state index contributed by atoms with van der Waals surface area (Å²) in [4.78, 5) is 11.8. The average molecular weight is 307 g/mol. The number of fused-ring (bicyclic) bond motifs is 1. The van der Waals surface area contributed by atoms with Crippen molar-refractivity contribution >= 4 is 17.6 Å². The van der Waals surface area contributed by atoms with Crippen molar-refractivity contribution in [1.29, 1.82) is 0 Å². The SMILES string of the molecule is CCOC(=O)c1cc(-c2ccc3c(c2)OCO3)nnc1Cl. The van der Waals surface area contributed by atoms with Crippen LogP contribution in [0.25, 0.3) is 11.3 Å².